The lowest BCUT2D eigenvalue weighted by Crippen LogP contribution is -2.26. The largest absolute Gasteiger partial charge is 0.310 e. The number of thiophene rings is 1. The van der Waals surface area contributed by atoms with Crippen LogP contribution in [0.2, 0.25) is 0 Å². The van der Waals surface area contributed by atoms with Crippen molar-refractivity contribution in [3.05, 3.63) is 21.9 Å². The third kappa shape index (κ3) is 1.58. The molecule has 62 valence electrons. The van der Waals surface area contributed by atoms with Crippen LogP contribution in [0.15, 0.2) is 11.4 Å². The van der Waals surface area contributed by atoms with Gasteiger partial charge in [0, 0.05) is 17.5 Å². The number of hydrogen-bond acceptors (Lipinski definition) is 2. The Bertz CT molecular complexity index is 234. The zero-order chi connectivity index (χ0) is 6.97. The summed E-state index contributed by atoms with van der Waals surface area (Å²) in [5.74, 6) is 0. The minimum atomic E-state index is 0. The van der Waals surface area contributed by atoms with Gasteiger partial charge in [-0.05, 0) is 30.4 Å². The Labute approximate surface area is 77.2 Å². The van der Waals surface area contributed by atoms with E-state index < -0.39 is 0 Å². The van der Waals surface area contributed by atoms with E-state index in [0.717, 1.165) is 6.54 Å². The molecule has 0 bridgehead atoms. The van der Waals surface area contributed by atoms with E-state index in [1.807, 2.05) is 11.3 Å². The quantitative estimate of drug-likeness (QED) is 0.661. The average Bonchev–Trinajstić information content (AvgIpc) is 2.36. The molecule has 1 unspecified atom stereocenters. The second kappa shape index (κ2) is 3.57. The van der Waals surface area contributed by atoms with E-state index in [2.05, 4.69) is 23.7 Å². The monoisotopic (exact) mass is 189 g/mol. The first-order chi connectivity index (χ1) is 4.88. The summed E-state index contributed by atoms with van der Waals surface area (Å²) in [6, 6.07) is 2.81. The maximum atomic E-state index is 3.43. The lowest BCUT2D eigenvalue weighted by Gasteiger charge is -2.19. The molecule has 1 aliphatic rings. The summed E-state index contributed by atoms with van der Waals surface area (Å²) < 4.78 is 0. The van der Waals surface area contributed by atoms with Crippen LogP contribution in [0.4, 0.5) is 0 Å². The van der Waals surface area contributed by atoms with Crippen molar-refractivity contribution in [3.63, 3.8) is 0 Å². The van der Waals surface area contributed by atoms with Gasteiger partial charge in [-0.2, -0.15) is 0 Å². The van der Waals surface area contributed by atoms with Crippen LogP contribution >= 0.6 is 23.7 Å². The van der Waals surface area contributed by atoms with E-state index in [0.29, 0.717) is 6.04 Å². The normalized spacial score (nSPS) is 22.1. The highest BCUT2D eigenvalue weighted by molar-refractivity contribution is 7.10. The molecule has 1 nitrogen and oxygen atoms in total. The summed E-state index contributed by atoms with van der Waals surface area (Å²) in [6.07, 6.45) is 1.22. The minimum absolute atomic E-state index is 0. The van der Waals surface area contributed by atoms with Crippen LogP contribution in [-0.2, 0) is 6.42 Å². The standard InChI is InChI=1S/C8H11NS.ClH/c1-6-7-3-5-10-8(7)2-4-9-6;/h3,5-6,9H,2,4H2,1H3;1H. The Morgan fingerprint density at radius 3 is 3.18 bits per heavy atom. The van der Waals surface area contributed by atoms with E-state index in [1.54, 1.807) is 4.88 Å². The summed E-state index contributed by atoms with van der Waals surface area (Å²) in [6.45, 7) is 3.37. The molecule has 3 heteroatoms. The van der Waals surface area contributed by atoms with Gasteiger partial charge in [-0.3, -0.25) is 0 Å². The number of rotatable bonds is 0. The molecule has 1 atom stereocenters. The number of fused-ring (bicyclic) bond motifs is 1. The maximum absolute atomic E-state index is 3.43. The van der Waals surface area contributed by atoms with E-state index in [-0.39, 0.29) is 12.4 Å². The maximum Gasteiger partial charge on any atom is 0.0302 e. The molecule has 0 radical (unpaired) electrons. The molecule has 0 saturated heterocycles. The summed E-state index contributed by atoms with van der Waals surface area (Å²) in [5.41, 5.74) is 1.51. The summed E-state index contributed by atoms with van der Waals surface area (Å²) in [4.78, 5) is 1.58. The van der Waals surface area contributed by atoms with E-state index in [1.165, 1.54) is 12.0 Å². The Kier molecular flexibility index (Phi) is 2.93. The van der Waals surface area contributed by atoms with Crippen LogP contribution in [0.1, 0.15) is 23.4 Å². The molecule has 11 heavy (non-hydrogen) atoms. The van der Waals surface area contributed by atoms with E-state index in [9.17, 15) is 0 Å². The Hall–Kier alpha value is -0.0500. The number of halogens is 1. The SMILES string of the molecule is CC1NCCc2sccc21.Cl. The third-order valence-corrected chi connectivity index (χ3v) is 3.05. The van der Waals surface area contributed by atoms with Crippen LogP contribution in [0, 0.1) is 0 Å². The molecular formula is C8H12ClNS. The van der Waals surface area contributed by atoms with Gasteiger partial charge in [-0.25, -0.2) is 0 Å². The fourth-order valence-corrected chi connectivity index (χ4v) is 2.43. The molecule has 2 heterocycles. The highest BCUT2D eigenvalue weighted by atomic mass is 35.5. The second-order valence-electron chi connectivity index (χ2n) is 2.72. The molecule has 0 saturated carbocycles. The van der Waals surface area contributed by atoms with Crippen molar-refractivity contribution in [3.8, 4) is 0 Å². The topological polar surface area (TPSA) is 12.0 Å². The van der Waals surface area contributed by atoms with Crippen molar-refractivity contribution in [2.45, 2.75) is 19.4 Å². The van der Waals surface area contributed by atoms with Gasteiger partial charge in [0.1, 0.15) is 0 Å². The fraction of sp³-hybridized carbons (Fsp3) is 0.500. The minimum Gasteiger partial charge on any atom is -0.310 e. The van der Waals surface area contributed by atoms with Gasteiger partial charge in [0.2, 0.25) is 0 Å². The van der Waals surface area contributed by atoms with E-state index in [4.69, 9.17) is 0 Å². The van der Waals surface area contributed by atoms with Crippen LogP contribution < -0.4 is 5.32 Å². The van der Waals surface area contributed by atoms with Crippen molar-refractivity contribution in [2.24, 2.45) is 0 Å². The molecule has 1 aromatic rings. The van der Waals surface area contributed by atoms with Crippen molar-refractivity contribution in [2.75, 3.05) is 6.54 Å². The van der Waals surface area contributed by atoms with Gasteiger partial charge in [-0.15, -0.1) is 23.7 Å². The van der Waals surface area contributed by atoms with Gasteiger partial charge in [0.25, 0.3) is 0 Å². The lowest BCUT2D eigenvalue weighted by molar-refractivity contribution is 0.547. The first-order valence-electron chi connectivity index (χ1n) is 3.67. The highest BCUT2D eigenvalue weighted by Crippen LogP contribution is 2.26. The number of nitrogens with one attached hydrogen (secondary N) is 1. The van der Waals surface area contributed by atoms with Gasteiger partial charge in [0.15, 0.2) is 0 Å². The van der Waals surface area contributed by atoms with E-state index >= 15 is 0 Å². The van der Waals surface area contributed by atoms with Crippen molar-refractivity contribution >= 4 is 23.7 Å². The molecule has 0 fully saturated rings. The summed E-state index contributed by atoms with van der Waals surface area (Å²) in [5, 5.41) is 5.62. The first kappa shape index (κ1) is 9.04. The molecule has 0 aromatic carbocycles. The van der Waals surface area contributed by atoms with Crippen LogP contribution in [0.5, 0.6) is 0 Å². The fourth-order valence-electron chi connectivity index (χ4n) is 1.45. The van der Waals surface area contributed by atoms with Crippen molar-refractivity contribution in [1.82, 2.24) is 5.32 Å². The van der Waals surface area contributed by atoms with Gasteiger partial charge >= 0.3 is 0 Å². The highest BCUT2D eigenvalue weighted by Gasteiger charge is 2.15. The molecule has 1 aliphatic heterocycles. The van der Waals surface area contributed by atoms with Crippen molar-refractivity contribution in [1.29, 1.82) is 0 Å². The molecule has 0 spiro atoms. The predicted molar refractivity (Wildman–Crippen MR) is 51.7 cm³/mol. The third-order valence-electron chi connectivity index (χ3n) is 2.05. The van der Waals surface area contributed by atoms with Gasteiger partial charge in [-0.1, -0.05) is 0 Å². The van der Waals surface area contributed by atoms with Gasteiger partial charge < -0.3 is 5.32 Å². The second-order valence-corrected chi connectivity index (χ2v) is 3.73. The molecule has 2 rings (SSSR count). The predicted octanol–water partition coefficient (Wildman–Crippen LogP) is 2.38. The molecule has 1 aromatic heterocycles. The molecule has 0 amide bonds. The Morgan fingerprint density at radius 2 is 2.45 bits per heavy atom. The number of hydrogen-bond donors (Lipinski definition) is 1. The van der Waals surface area contributed by atoms with Crippen LogP contribution in [0.25, 0.3) is 0 Å². The van der Waals surface area contributed by atoms with Crippen LogP contribution in [0.3, 0.4) is 0 Å². The Balaban J connectivity index is 0.000000605. The smallest absolute Gasteiger partial charge is 0.0302 e. The van der Waals surface area contributed by atoms with Crippen molar-refractivity contribution < 1.29 is 0 Å². The van der Waals surface area contributed by atoms with Crippen LogP contribution in [-0.4, -0.2) is 6.54 Å². The molecule has 0 aliphatic carbocycles. The zero-order valence-electron chi connectivity index (χ0n) is 6.46. The lowest BCUT2D eigenvalue weighted by atomic mass is 10.0. The zero-order valence-corrected chi connectivity index (χ0v) is 8.10. The summed E-state index contributed by atoms with van der Waals surface area (Å²) >= 11 is 1.89. The Morgan fingerprint density at radius 1 is 1.64 bits per heavy atom. The summed E-state index contributed by atoms with van der Waals surface area (Å²) in [7, 11) is 0. The molecular weight excluding hydrogens is 178 g/mol. The average molecular weight is 190 g/mol. The first-order valence-corrected chi connectivity index (χ1v) is 4.55. The molecule has 1 N–H and O–H groups in total. The van der Waals surface area contributed by atoms with Gasteiger partial charge in [0.05, 0.1) is 0 Å².